The molecule has 2 N–H and O–H groups in total. The van der Waals surface area contributed by atoms with E-state index < -0.39 is 0 Å². The summed E-state index contributed by atoms with van der Waals surface area (Å²) in [4.78, 5) is 0. The van der Waals surface area contributed by atoms with Gasteiger partial charge in [-0.05, 0) is 61.2 Å². The van der Waals surface area contributed by atoms with E-state index in [1.54, 1.807) is 12.1 Å². The molecule has 4 heteroatoms. The molecule has 1 atom stereocenters. The van der Waals surface area contributed by atoms with Gasteiger partial charge in [-0.25, -0.2) is 4.39 Å². The number of hydrogen-bond acceptors (Lipinski definition) is 1. The highest BCUT2D eigenvalue weighted by atomic mass is 32.1. The first-order valence-corrected chi connectivity index (χ1v) is 6.69. The summed E-state index contributed by atoms with van der Waals surface area (Å²) in [5.41, 5.74) is 1.22. The second kappa shape index (κ2) is 5.22. The molecule has 1 aromatic rings. The first-order valence-electron chi connectivity index (χ1n) is 6.28. The van der Waals surface area contributed by atoms with Crippen molar-refractivity contribution >= 4 is 23.0 Å². The van der Waals surface area contributed by atoms with Crippen LogP contribution in [0.15, 0.2) is 24.3 Å². The topological polar surface area (TPSA) is 24.1 Å². The number of nitrogens with one attached hydrogen (secondary N) is 2. The Morgan fingerprint density at radius 3 is 2.56 bits per heavy atom. The predicted octanol–water partition coefficient (Wildman–Crippen LogP) is 3.69. The zero-order chi connectivity index (χ0) is 13.2. The molecule has 1 saturated carbocycles. The number of halogens is 1. The van der Waals surface area contributed by atoms with Gasteiger partial charge in [0.25, 0.3) is 0 Å². The molecule has 0 aliphatic heterocycles. The van der Waals surface area contributed by atoms with E-state index in [0.29, 0.717) is 16.6 Å². The Balaban J connectivity index is 1.84. The summed E-state index contributed by atoms with van der Waals surface area (Å²) in [6.45, 7) is 4.57. The molecule has 0 amide bonds. The molecule has 18 heavy (non-hydrogen) atoms. The second-order valence-electron chi connectivity index (χ2n) is 5.71. The molecule has 0 radical (unpaired) electrons. The van der Waals surface area contributed by atoms with Gasteiger partial charge in [-0.1, -0.05) is 13.8 Å². The Bertz CT molecular complexity index is 428. The third-order valence-corrected chi connectivity index (χ3v) is 3.63. The van der Waals surface area contributed by atoms with Crippen molar-refractivity contribution in [1.82, 2.24) is 5.32 Å². The maximum absolute atomic E-state index is 12.8. The Labute approximate surface area is 113 Å². The van der Waals surface area contributed by atoms with Gasteiger partial charge in [-0.3, -0.25) is 0 Å². The van der Waals surface area contributed by atoms with Gasteiger partial charge in [0.1, 0.15) is 5.82 Å². The van der Waals surface area contributed by atoms with E-state index in [-0.39, 0.29) is 5.82 Å². The molecule has 0 aromatic heterocycles. The van der Waals surface area contributed by atoms with Crippen LogP contribution < -0.4 is 10.6 Å². The third kappa shape index (κ3) is 3.67. The molecular formula is C14H19FN2S. The average molecular weight is 266 g/mol. The Morgan fingerprint density at radius 1 is 1.33 bits per heavy atom. The minimum Gasteiger partial charge on any atom is -0.360 e. The summed E-state index contributed by atoms with van der Waals surface area (Å²) in [6, 6.07) is 6.65. The van der Waals surface area contributed by atoms with Crippen LogP contribution in [-0.4, -0.2) is 11.2 Å². The summed E-state index contributed by atoms with van der Waals surface area (Å²) in [6.07, 6.45) is 3.51. The maximum atomic E-state index is 12.8. The standard InChI is InChI=1S/C14H19FN2S/c1-14(2)8-7-12(9-14)17-13(18)16-11-5-3-10(15)4-6-11/h3-6,12H,7-9H2,1-2H3,(H2,16,17,18). The van der Waals surface area contributed by atoms with Crippen LogP contribution in [0.3, 0.4) is 0 Å². The zero-order valence-electron chi connectivity index (χ0n) is 10.8. The molecule has 0 saturated heterocycles. The van der Waals surface area contributed by atoms with Crippen molar-refractivity contribution in [2.45, 2.75) is 39.2 Å². The van der Waals surface area contributed by atoms with Crippen LogP contribution in [-0.2, 0) is 0 Å². The summed E-state index contributed by atoms with van der Waals surface area (Å²) < 4.78 is 12.8. The van der Waals surface area contributed by atoms with E-state index in [1.807, 2.05) is 0 Å². The number of anilines is 1. The number of hydrogen-bond donors (Lipinski definition) is 2. The SMILES string of the molecule is CC1(C)CCC(NC(=S)Nc2ccc(F)cc2)C1. The molecule has 0 heterocycles. The van der Waals surface area contributed by atoms with Gasteiger partial charge >= 0.3 is 0 Å². The van der Waals surface area contributed by atoms with E-state index >= 15 is 0 Å². The molecule has 98 valence electrons. The van der Waals surface area contributed by atoms with Crippen LogP contribution >= 0.6 is 12.2 Å². The van der Waals surface area contributed by atoms with Crippen molar-refractivity contribution in [1.29, 1.82) is 0 Å². The summed E-state index contributed by atoms with van der Waals surface area (Å²) in [5.74, 6) is -0.239. The fourth-order valence-corrected chi connectivity index (χ4v) is 2.73. The molecule has 0 bridgehead atoms. The number of rotatable bonds is 2. The van der Waals surface area contributed by atoms with E-state index in [1.165, 1.54) is 18.6 Å². The van der Waals surface area contributed by atoms with Crippen molar-refractivity contribution in [3.05, 3.63) is 30.1 Å². The largest absolute Gasteiger partial charge is 0.360 e. The minimum atomic E-state index is -0.239. The van der Waals surface area contributed by atoms with Crippen molar-refractivity contribution in [2.24, 2.45) is 5.41 Å². The van der Waals surface area contributed by atoms with Gasteiger partial charge in [0.05, 0.1) is 0 Å². The fourth-order valence-electron chi connectivity index (χ4n) is 2.45. The van der Waals surface area contributed by atoms with Crippen molar-refractivity contribution < 1.29 is 4.39 Å². The van der Waals surface area contributed by atoms with Crippen LogP contribution in [0, 0.1) is 11.2 Å². The number of benzene rings is 1. The van der Waals surface area contributed by atoms with Crippen molar-refractivity contribution in [2.75, 3.05) is 5.32 Å². The lowest BCUT2D eigenvalue weighted by Crippen LogP contribution is -2.36. The summed E-state index contributed by atoms with van der Waals surface area (Å²) in [7, 11) is 0. The molecular weight excluding hydrogens is 247 g/mol. The highest BCUT2D eigenvalue weighted by Crippen LogP contribution is 2.36. The van der Waals surface area contributed by atoms with Gasteiger partial charge in [-0.15, -0.1) is 0 Å². The molecule has 2 nitrogen and oxygen atoms in total. The lowest BCUT2D eigenvalue weighted by atomic mass is 9.92. The van der Waals surface area contributed by atoms with E-state index in [0.717, 1.165) is 18.5 Å². The molecule has 1 aromatic carbocycles. The molecule has 1 unspecified atom stereocenters. The van der Waals surface area contributed by atoms with Crippen LogP contribution in [0.5, 0.6) is 0 Å². The third-order valence-electron chi connectivity index (χ3n) is 3.41. The van der Waals surface area contributed by atoms with Gasteiger partial charge in [0, 0.05) is 11.7 Å². The van der Waals surface area contributed by atoms with Gasteiger partial charge in [-0.2, -0.15) is 0 Å². The molecule has 1 aliphatic carbocycles. The Morgan fingerprint density at radius 2 is 2.00 bits per heavy atom. The smallest absolute Gasteiger partial charge is 0.170 e. The van der Waals surface area contributed by atoms with E-state index in [9.17, 15) is 4.39 Å². The first kappa shape index (κ1) is 13.3. The van der Waals surface area contributed by atoms with Crippen LogP contribution in [0.4, 0.5) is 10.1 Å². The lowest BCUT2D eigenvalue weighted by molar-refractivity contribution is 0.372. The van der Waals surface area contributed by atoms with Crippen LogP contribution in [0.25, 0.3) is 0 Å². The molecule has 2 rings (SSSR count). The zero-order valence-corrected chi connectivity index (χ0v) is 11.6. The highest BCUT2D eigenvalue weighted by molar-refractivity contribution is 7.80. The van der Waals surface area contributed by atoms with Gasteiger partial charge in [0.2, 0.25) is 0 Å². The average Bonchev–Trinajstić information content (AvgIpc) is 2.61. The quantitative estimate of drug-likeness (QED) is 0.798. The summed E-state index contributed by atoms with van der Waals surface area (Å²) >= 11 is 5.26. The normalized spacial score (nSPS) is 21.6. The van der Waals surface area contributed by atoms with Crippen molar-refractivity contribution in [3.8, 4) is 0 Å². The Kier molecular flexibility index (Phi) is 3.85. The number of thiocarbonyl (C=S) groups is 1. The highest BCUT2D eigenvalue weighted by Gasteiger charge is 2.30. The Hall–Kier alpha value is -1.16. The fraction of sp³-hybridized carbons (Fsp3) is 0.500. The molecule has 1 fully saturated rings. The van der Waals surface area contributed by atoms with E-state index in [4.69, 9.17) is 12.2 Å². The molecule has 1 aliphatic rings. The predicted molar refractivity (Wildman–Crippen MR) is 77.2 cm³/mol. The van der Waals surface area contributed by atoms with Gasteiger partial charge < -0.3 is 10.6 Å². The van der Waals surface area contributed by atoms with Crippen LogP contribution in [0.1, 0.15) is 33.1 Å². The van der Waals surface area contributed by atoms with Gasteiger partial charge in [0.15, 0.2) is 5.11 Å². The minimum absolute atomic E-state index is 0.239. The van der Waals surface area contributed by atoms with E-state index in [2.05, 4.69) is 24.5 Å². The lowest BCUT2D eigenvalue weighted by Gasteiger charge is -2.19. The molecule has 0 spiro atoms. The maximum Gasteiger partial charge on any atom is 0.170 e. The first-order chi connectivity index (χ1) is 8.44. The van der Waals surface area contributed by atoms with Crippen LogP contribution in [0.2, 0.25) is 0 Å². The second-order valence-corrected chi connectivity index (χ2v) is 6.12. The van der Waals surface area contributed by atoms with Crippen molar-refractivity contribution in [3.63, 3.8) is 0 Å². The monoisotopic (exact) mass is 266 g/mol. The summed E-state index contributed by atoms with van der Waals surface area (Å²) in [5, 5.41) is 7.02.